The molecule has 0 fully saturated rings. The van der Waals surface area contributed by atoms with Gasteiger partial charge in [-0.3, -0.25) is 0 Å². The Morgan fingerprint density at radius 2 is 1.36 bits per heavy atom. The summed E-state index contributed by atoms with van der Waals surface area (Å²) in [6.45, 7) is 0. The Labute approximate surface area is 94.3 Å². The van der Waals surface area contributed by atoms with Gasteiger partial charge in [-0.1, -0.05) is 43.1 Å². The first-order valence-corrected chi connectivity index (χ1v) is 7.10. The third kappa shape index (κ3) is 12.5. The Morgan fingerprint density at radius 1 is 0.857 bits per heavy atom. The molecule has 0 aliphatic rings. The van der Waals surface area contributed by atoms with Crippen LogP contribution in [-0.4, -0.2) is 12.2 Å². The molecule has 0 amide bonds. The van der Waals surface area contributed by atoms with Crippen LogP contribution in [0.3, 0.4) is 0 Å². The van der Waals surface area contributed by atoms with E-state index in [9.17, 15) is 8.78 Å². The summed E-state index contributed by atoms with van der Waals surface area (Å²) in [5, 5.41) is 0. The van der Waals surface area contributed by atoms with Gasteiger partial charge in [-0.15, -0.1) is 0 Å². The third-order valence-electron chi connectivity index (χ3n) is 2.14. The first kappa shape index (κ1) is 14.5. The van der Waals surface area contributed by atoms with E-state index in [1.54, 1.807) is 0 Å². The molecule has 0 aromatic rings. The molecule has 0 spiro atoms. The molecule has 4 heteroatoms. The van der Waals surface area contributed by atoms with Gasteiger partial charge < -0.3 is 0 Å². The lowest BCUT2D eigenvalue weighted by Crippen LogP contribution is -1.89. The van der Waals surface area contributed by atoms with Gasteiger partial charge >= 0.3 is 0 Å². The summed E-state index contributed by atoms with van der Waals surface area (Å²) in [7, 11) is 6.82. The summed E-state index contributed by atoms with van der Waals surface area (Å²) in [6, 6.07) is 0. The zero-order valence-corrected chi connectivity index (χ0v) is 10.1. The van der Waals surface area contributed by atoms with Crippen LogP contribution in [0.1, 0.15) is 51.4 Å². The van der Waals surface area contributed by atoms with Gasteiger partial charge in [0, 0.05) is 12.2 Å². The summed E-state index contributed by atoms with van der Waals surface area (Å²) in [5.41, 5.74) is 0. The lowest BCUT2D eigenvalue weighted by Gasteiger charge is -2.01. The molecule has 0 heterocycles. The normalized spacial score (nSPS) is 11.1. The Hall–Kier alpha value is 0.500. The fourth-order valence-corrected chi connectivity index (χ4v) is 1.98. The molecule has 0 saturated carbocycles. The standard InChI is InChI=1S/C10H19ClF2S/c11-14-9-7-5-3-1-2-4-6-8-10(12)13/h10H,1-9H2. The monoisotopic (exact) mass is 244 g/mol. The predicted octanol–water partition coefficient (Wildman–Crippen LogP) is 5.26. The SMILES string of the molecule is FC(F)CCCCCCCCCSCl. The fourth-order valence-electron chi connectivity index (χ4n) is 1.34. The van der Waals surface area contributed by atoms with Crippen molar-refractivity contribution in [3.63, 3.8) is 0 Å². The van der Waals surface area contributed by atoms with Crippen molar-refractivity contribution in [2.75, 3.05) is 5.75 Å². The van der Waals surface area contributed by atoms with Gasteiger partial charge in [-0.25, -0.2) is 8.78 Å². The van der Waals surface area contributed by atoms with Crippen LogP contribution in [0.2, 0.25) is 0 Å². The Morgan fingerprint density at radius 3 is 1.86 bits per heavy atom. The molecule has 0 aliphatic heterocycles. The molecule has 0 N–H and O–H groups in total. The molecular formula is C10H19ClF2S. The second-order valence-electron chi connectivity index (χ2n) is 3.47. The topological polar surface area (TPSA) is 0 Å². The molecule has 0 nitrogen and oxygen atoms in total. The third-order valence-corrected chi connectivity index (χ3v) is 3.05. The van der Waals surface area contributed by atoms with Crippen molar-refractivity contribution in [1.29, 1.82) is 0 Å². The van der Waals surface area contributed by atoms with Gasteiger partial charge in [-0.2, -0.15) is 0 Å². The maximum atomic E-state index is 11.7. The minimum Gasteiger partial charge on any atom is -0.211 e. The predicted molar refractivity (Wildman–Crippen MR) is 61.3 cm³/mol. The molecule has 0 rings (SSSR count). The highest BCUT2D eigenvalue weighted by atomic mass is 35.7. The van der Waals surface area contributed by atoms with E-state index >= 15 is 0 Å². The smallest absolute Gasteiger partial charge is 0.211 e. The minimum atomic E-state index is -2.12. The first-order chi connectivity index (χ1) is 6.77. The Kier molecular flexibility index (Phi) is 12.0. The Bertz CT molecular complexity index is 112. The van der Waals surface area contributed by atoms with Gasteiger partial charge in [0.15, 0.2) is 0 Å². The van der Waals surface area contributed by atoms with Crippen molar-refractivity contribution in [1.82, 2.24) is 0 Å². The van der Waals surface area contributed by atoms with Crippen LogP contribution >= 0.6 is 21.7 Å². The molecule has 0 atom stereocenters. The zero-order chi connectivity index (χ0) is 10.6. The van der Waals surface area contributed by atoms with Gasteiger partial charge in [0.1, 0.15) is 0 Å². The molecular weight excluding hydrogens is 226 g/mol. The van der Waals surface area contributed by atoms with Crippen molar-refractivity contribution in [3.05, 3.63) is 0 Å². The summed E-state index contributed by atoms with van der Waals surface area (Å²) < 4.78 is 23.5. The molecule has 86 valence electrons. The van der Waals surface area contributed by atoms with Gasteiger partial charge in [0.2, 0.25) is 6.43 Å². The number of halogens is 3. The lowest BCUT2D eigenvalue weighted by molar-refractivity contribution is 0.133. The molecule has 0 unspecified atom stereocenters. The van der Waals surface area contributed by atoms with E-state index in [0.717, 1.165) is 18.6 Å². The van der Waals surface area contributed by atoms with Crippen LogP contribution in [0, 0.1) is 0 Å². The molecule has 0 saturated heterocycles. The number of unbranched alkanes of at least 4 members (excludes halogenated alkanes) is 6. The van der Waals surface area contributed by atoms with Crippen LogP contribution < -0.4 is 0 Å². The maximum absolute atomic E-state index is 11.7. The highest BCUT2D eigenvalue weighted by molar-refractivity contribution is 8.21. The summed E-state index contributed by atoms with van der Waals surface area (Å²) >= 11 is 0. The van der Waals surface area contributed by atoms with E-state index < -0.39 is 6.43 Å². The summed E-state index contributed by atoms with van der Waals surface area (Å²) in [5.74, 6) is 1.02. The summed E-state index contributed by atoms with van der Waals surface area (Å²) in [6.07, 6.45) is 5.46. The molecule has 0 aromatic heterocycles. The van der Waals surface area contributed by atoms with Crippen LogP contribution in [0.15, 0.2) is 0 Å². The van der Waals surface area contributed by atoms with E-state index in [4.69, 9.17) is 10.7 Å². The molecule has 0 bridgehead atoms. The maximum Gasteiger partial charge on any atom is 0.238 e. The Balaban J connectivity index is 2.85. The molecule has 0 radical (unpaired) electrons. The highest BCUT2D eigenvalue weighted by Crippen LogP contribution is 2.13. The fraction of sp³-hybridized carbons (Fsp3) is 1.00. The van der Waals surface area contributed by atoms with Crippen molar-refractivity contribution < 1.29 is 8.78 Å². The average molecular weight is 245 g/mol. The van der Waals surface area contributed by atoms with Gasteiger partial charge in [0.05, 0.1) is 0 Å². The molecule has 0 aliphatic carbocycles. The zero-order valence-electron chi connectivity index (χ0n) is 8.48. The van der Waals surface area contributed by atoms with Crippen molar-refractivity contribution >= 4 is 21.7 Å². The van der Waals surface area contributed by atoms with E-state index in [1.165, 1.54) is 36.7 Å². The van der Waals surface area contributed by atoms with E-state index in [-0.39, 0.29) is 6.42 Å². The van der Waals surface area contributed by atoms with Crippen molar-refractivity contribution in [2.45, 2.75) is 57.8 Å². The first-order valence-electron chi connectivity index (χ1n) is 5.29. The highest BCUT2D eigenvalue weighted by Gasteiger charge is 2.00. The number of rotatable bonds is 10. The summed E-state index contributed by atoms with van der Waals surface area (Å²) in [4.78, 5) is 0. The average Bonchev–Trinajstić information content (AvgIpc) is 2.15. The second kappa shape index (κ2) is 11.6. The number of alkyl halides is 2. The van der Waals surface area contributed by atoms with Crippen LogP contribution in [-0.2, 0) is 0 Å². The van der Waals surface area contributed by atoms with Crippen LogP contribution in [0.25, 0.3) is 0 Å². The molecule has 0 aromatic carbocycles. The van der Waals surface area contributed by atoms with Crippen LogP contribution in [0.4, 0.5) is 8.78 Å². The molecule has 14 heavy (non-hydrogen) atoms. The van der Waals surface area contributed by atoms with Crippen molar-refractivity contribution in [3.8, 4) is 0 Å². The van der Waals surface area contributed by atoms with Gasteiger partial charge in [0.25, 0.3) is 0 Å². The largest absolute Gasteiger partial charge is 0.238 e. The quantitative estimate of drug-likeness (QED) is 0.473. The second-order valence-corrected chi connectivity index (χ2v) is 4.75. The number of hydrogen-bond acceptors (Lipinski definition) is 1. The van der Waals surface area contributed by atoms with Crippen molar-refractivity contribution in [2.24, 2.45) is 0 Å². The van der Waals surface area contributed by atoms with Crippen LogP contribution in [0.5, 0.6) is 0 Å². The minimum absolute atomic E-state index is 0.0723. The van der Waals surface area contributed by atoms with Gasteiger partial charge in [-0.05, 0) is 23.5 Å². The van der Waals surface area contributed by atoms with E-state index in [0.29, 0.717) is 6.42 Å². The number of hydrogen-bond donors (Lipinski definition) is 0. The van der Waals surface area contributed by atoms with E-state index in [1.807, 2.05) is 0 Å². The lowest BCUT2D eigenvalue weighted by atomic mass is 10.1. The van der Waals surface area contributed by atoms with E-state index in [2.05, 4.69) is 0 Å².